The zero-order valence-corrected chi connectivity index (χ0v) is 32.8. The van der Waals surface area contributed by atoms with E-state index in [0.717, 1.165) is 38.5 Å². The van der Waals surface area contributed by atoms with Gasteiger partial charge in [-0.15, -0.1) is 0 Å². The van der Waals surface area contributed by atoms with E-state index in [1.807, 2.05) is 6.08 Å². The fraction of sp³-hybridized carbons (Fsp3) is 0.886. The third-order valence-electron chi connectivity index (χ3n) is 10.0. The van der Waals surface area contributed by atoms with Crippen molar-refractivity contribution in [2.24, 2.45) is 0 Å². The summed E-state index contributed by atoms with van der Waals surface area (Å²) in [5.74, 6) is -0.510. The average Bonchev–Trinajstić information content (AvgIpc) is 3.11. The van der Waals surface area contributed by atoms with Crippen LogP contribution in [0.5, 0.6) is 0 Å². The Labute approximate surface area is 305 Å². The number of carbonyl (C=O) groups excluding carboxylic acids is 1. The maximum absolute atomic E-state index is 12.4. The second-order valence-corrected chi connectivity index (χ2v) is 14.9. The van der Waals surface area contributed by atoms with Gasteiger partial charge in [0.1, 0.15) is 6.10 Å². The Morgan fingerprint density at radius 2 is 0.837 bits per heavy atom. The zero-order chi connectivity index (χ0) is 35.9. The second kappa shape index (κ2) is 39.6. The number of hydrogen-bond donors (Lipinski definition) is 4. The van der Waals surface area contributed by atoms with Gasteiger partial charge in [0.05, 0.1) is 18.8 Å². The predicted molar refractivity (Wildman–Crippen MR) is 213 cm³/mol. The molecule has 0 spiro atoms. The summed E-state index contributed by atoms with van der Waals surface area (Å²) >= 11 is 0. The first kappa shape index (κ1) is 47.8. The van der Waals surface area contributed by atoms with Crippen LogP contribution in [0, 0.1) is 0 Å². The molecule has 0 fully saturated rings. The van der Waals surface area contributed by atoms with Crippen molar-refractivity contribution in [3.63, 3.8) is 0 Å². The van der Waals surface area contributed by atoms with Crippen LogP contribution in [0.1, 0.15) is 226 Å². The molecule has 5 heteroatoms. The van der Waals surface area contributed by atoms with Crippen molar-refractivity contribution < 1.29 is 20.1 Å². The van der Waals surface area contributed by atoms with Gasteiger partial charge in [0.2, 0.25) is 5.91 Å². The first-order valence-corrected chi connectivity index (χ1v) is 21.7. The number of allylic oxidation sites excluding steroid dienone is 3. The fourth-order valence-electron chi connectivity index (χ4n) is 6.61. The van der Waals surface area contributed by atoms with Gasteiger partial charge in [-0.1, -0.05) is 218 Å². The number of carbonyl (C=O) groups is 1. The summed E-state index contributed by atoms with van der Waals surface area (Å²) in [6, 6.07) is -0.810. The number of nitrogens with one attached hydrogen (secondary N) is 1. The molecule has 0 aliphatic heterocycles. The molecule has 4 N–H and O–H groups in total. The third-order valence-corrected chi connectivity index (χ3v) is 10.0. The van der Waals surface area contributed by atoms with Crippen LogP contribution >= 0.6 is 0 Å². The highest BCUT2D eigenvalue weighted by Crippen LogP contribution is 2.16. The maximum atomic E-state index is 12.4. The molecular weight excluding hydrogens is 606 g/mol. The van der Waals surface area contributed by atoms with E-state index in [2.05, 4.69) is 31.3 Å². The Morgan fingerprint density at radius 3 is 1.24 bits per heavy atom. The summed E-state index contributed by atoms with van der Waals surface area (Å²) in [5.41, 5.74) is 0. The van der Waals surface area contributed by atoms with Gasteiger partial charge in [-0.3, -0.25) is 4.79 Å². The Kier molecular flexibility index (Phi) is 38.7. The Hall–Kier alpha value is -1.17. The van der Waals surface area contributed by atoms with Crippen LogP contribution in [0.4, 0.5) is 0 Å². The van der Waals surface area contributed by atoms with Crippen molar-refractivity contribution in [1.29, 1.82) is 0 Å². The van der Waals surface area contributed by atoms with Crippen LogP contribution in [0.2, 0.25) is 0 Å². The van der Waals surface area contributed by atoms with Gasteiger partial charge in [-0.05, 0) is 32.1 Å². The number of hydrogen-bond acceptors (Lipinski definition) is 4. The number of unbranched alkanes of at least 4 members (excludes halogenated alkanes) is 29. The third kappa shape index (κ3) is 35.0. The smallest absolute Gasteiger partial charge is 0.249 e. The summed E-state index contributed by atoms with van der Waals surface area (Å²) in [6.07, 6.45) is 47.8. The van der Waals surface area contributed by atoms with E-state index in [9.17, 15) is 20.1 Å². The van der Waals surface area contributed by atoms with Crippen molar-refractivity contribution in [2.75, 3.05) is 6.61 Å². The Balaban J connectivity index is 3.68. The van der Waals surface area contributed by atoms with Crippen LogP contribution in [0.3, 0.4) is 0 Å². The van der Waals surface area contributed by atoms with Crippen LogP contribution in [0.25, 0.3) is 0 Å². The maximum Gasteiger partial charge on any atom is 0.249 e. The summed E-state index contributed by atoms with van der Waals surface area (Å²) in [5, 5.41) is 33.1. The molecule has 0 aromatic heterocycles. The number of amides is 1. The lowest BCUT2D eigenvalue weighted by Gasteiger charge is -2.21. The molecule has 1 amide bonds. The summed E-state index contributed by atoms with van der Waals surface area (Å²) in [4.78, 5) is 12.4. The lowest BCUT2D eigenvalue weighted by atomic mass is 10.0. The van der Waals surface area contributed by atoms with Crippen molar-refractivity contribution >= 4 is 5.91 Å². The van der Waals surface area contributed by atoms with Gasteiger partial charge in [-0.25, -0.2) is 0 Å². The molecule has 3 unspecified atom stereocenters. The van der Waals surface area contributed by atoms with Crippen LogP contribution in [-0.4, -0.2) is 46.1 Å². The van der Waals surface area contributed by atoms with Gasteiger partial charge in [-0.2, -0.15) is 0 Å². The van der Waals surface area contributed by atoms with E-state index in [1.54, 1.807) is 6.08 Å². The summed E-state index contributed by atoms with van der Waals surface area (Å²) in [6.45, 7) is 4.17. The van der Waals surface area contributed by atoms with E-state index in [0.29, 0.717) is 6.42 Å². The molecule has 3 atom stereocenters. The van der Waals surface area contributed by atoms with Crippen LogP contribution in [-0.2, 0) is 4.79 Å². The van der Waals surface area contributed by atoms with Gasteiger partial charge in [0.15, 0.2) is 0 Å². The van der Waals surface area contributed by atoms with Crippen molar-refractivity contribution in [2.45, 2.75) is 244 Å². The number of aliphatic hydroxyl groups excluding tert-OH is 3. The summed E-state index contributed by atoms with van der Waals surface area (Å²) < 4.78 is 0. The molecule has 0 aromatic carbocycles. The van der Waals surface area contributed by atoms with Gasteiger partial charge in [0, 0.05) is 0 Å². The highest BCUT2D eigenvalue weighted by molar-refractivity contribution is 5.80. The van der Waals surface area contributed by atoms with Crippen molar-refractivity contribution in [3.8, 4) is 0 Å². The molecule has 0 rings (SSSR count). The molecule has 0 saturated carbocycles. The molecule has 0 radical (unpaired) electrons. The molecule has 0 aliphatic carbocycles. The largest absolute Gasteiger partial charge is 0.394 e. The van der Waals surface area contributed by atoms with E-state index in [4.69, 9.17) is 0 Å². The van der Waals surface area contributed by atoms with E-state index < -0.39 is 24.2 Å². The number of rotatable bonds is 39. The highest BCUT2D eigenvalue weighted by atomic mass is 16.3. The van der Waals surface area contributed by atoms with Crippen molar-refractivity contribution in [1.82, 2.24) is 5.32 Å². The summed E-state index contributed by atoms with van der Waals surface area (Å²) in [7, 11) is 0. The minimum Gasteiger partial charge on any atom is -0.394 e. The highest BCUT2D eigenvalue weighted by Gasteiger charge is 2.22. The molecule has 0 bridgehead atoms. The lowest BCUT2D eigenvalue weighted by molar-refractivity contribution is -0.131. The van der Waals surface area contributed by atoms with E-state index in [-0.39, 0.29) is 6.61 Å². The van der Waals surface area contributed by atoms with Crippen LogP contribution < -0.4 is 5.32 Å². The second-order valence-electron chi connectivity index (χ2n) is 14.9. The Bertz CT molecular complexity index is 724. The SMILES string of the molecule is CCCCCCCCCCC/C=C/CC/C=C/C(O)C(CO)NC(=O)C(O)CCCCCCCCCCCCCCCCCCCCCC. The molecular formula is C44H85NO4. The molecule has 0 heterocycles. The predicted octanol–water partition coefficient (Wildman–Crippen LogP) is 12.2. The zero-order valence-electron chi connectivity index (χ0n) is 32.8. The topological polar surface area (TPSA) is 89.8 Å². The van der Waals surface area contributed by atoms with Gasteiger partial charge < -0.3 is 20.6 Å². The van der Waals surface area contributed by atoms with E-state index >= 15 is 0 Å². The Morgan fingerprint density at radius 1 is 0.490 bits per heavy atom. The molecule has 0 aliphatic rings. The average molecular weight is 692 g/mol. The normalized spacial score (nSPS) is 13.8. The molecule has 290 valence electrons. The minimum absolute atomic E-state index is 0.373. The molecule has 49 heavy (non-hydrogen) atoms. The lowest BCUT2D eigenvalue weighted by Crippen LogP contribution is -2.48. The first-order chi connectivity index (χ1) is 24.1. The standard InChI is InChI=1S/C44H85NO4/c1-3-5-7-9-11-13-15-17-19-20-21-22-23-25-27-29-31-33-35-37-39-43(48)44(49)45-41(40-46)42(47)38-36-34-32-30-28-26-24-18-16-14-12-10-8-6-4-2/h28,30,36,38,41-43,46-48H,3-27,29,31-35,37,39-40H2,1-2H3,(H,45,49)/b30-28+,38-36+. The minimum atomic E-state index is -1.10. The molecule has 0 aromatic rings. The van der Waals surface area contributed by atoms with Gasteiger partial charge >= 0.3 is 0 Å². The van der Waals surface area contributed by atoms with Crippen LogP contribution in [0.15, 0.2) is 24.3 Å². The van der Waals surface area contributed by atoms with E-state index in [1.165, 1.54) is 167 Å². The monoisotopic (exact) mass is 692 g/mol. The fourth-order valence-corrected chi connectivity index (χ4v) is 6.61. The van der Waals surface area contributed by atoms with Crippen molar-refractivity contribution in [3.05, 3.63) is 24.3 Å². The quantitative estimate of drug-likeness (QED) is 0.0381. The molecule has 0 saturated heterocycles. The first-order valence-electron chi connectivity index (χ1n) is 21.7. The van der Waals surface area contributed by atoms with Gasteiger partial charge in [0.25, 0.3) is 0 Å². The number of aliphatic hydroxyl groups is 3. The molecule has 5 nitrogen and oxygen atoms in total.